The molecule has 3 amide bonds. The van der Waals surface area contributed by atoms with Gasteiger partial charge in [0.25, 0.3) is 0 Å². The Bertz CT molecular complexity index is 914. The molecule has 1 aromatic carbocycles. The minimum Gasteiger partial charge on any atom is -0.394 e. The van der Waals surface area contributed by atoms with Gasteiger partial charge in [-0.1, -0.05) is 37.3 Å². The lowest BCUT2D eigenvalue weighted by molar-refractivity contribution is -0.146. The Labute approximate surface area is 195 Å². The second-order valence-corrected chi connectivity index (χ2v) is 10.4. The summed E-state index contributed by atoms with van der Waals surface area (Å²) in [6, 6.07) is 7.57. The van der Waals surface area contributed by atoms with Crippen LogP contribution < -0.4 is 10.6 Å². The molecule has 1 spiro atoms. The molecule has 0 saturated carbocycles. The molecule has 3 saturated heterocycles. The van der Waals surface area contributed by atoms with Crippen molar-refractivity contribution in [3.8, 4) is 0 Å². The fourth-order valence-electron chi connectivity index (χ4n) is 5.86. The SMILES string of the molecule is CCCNC(=O)[C@@H]1[C@@H]2CCC3(O2)C(C(=O)NC(C)(C)C)N([C@H](CO)c2ccccc2)C(=O)[C@H]13. The van der Waals surface area contributed by atoms with Crippen molar-refractivity contribution >= 4 is 17.7 Å². The summed E-state index contributed by atoms with van der Waals surface area (Å²) < 4.78 is 6.41. The number of rotatable bonds is 7. The third kappa shape index (κ3) is 3.93. The molecule has 0 aromatic heterocycles. The summed E-state index contributed by atoms with van der Waals surface area (Å²) >= 11 is 0. The molecule has 0 radical (unpaired) electrons. The average Bonchev–Trinajstić information content (AvgIpc) is 3.40. The van der Waals surface area contributed by atoms with Crippen LogP contribution in [-0.2, 0) is 19.1 Å². The number of nitrogens with one attached hydrogen (secondary N) is 2. The third-order valence-corrected chi connectivity index (χ3v) is 7.03. The minimum absolute atomic E-state index is 0.195. The van der Waals surface area contributed by atoms with Gasteiger partial charge in [-0.25, -0.2) is 0 Å². The highest BCUT2D eigenvalue weighted by Gasteiger charge is 2.75. The molecule has 33 heavy (non-hydrogen) atoms. The number of likely N-dealkylation sites (tertiary alicyclic amines) is 1. The molecule has 6 atom stereocenters. The zero-order valence-electron chi connectivity index (χ0n) is 19.8. The molecule has 3 aliphatic heterocycles. The summed E-state index contributed by atoms with van der Waals surface area (Å²) in [6.07, 6.45) is 1.55. The van der Waals surface area contributed by atoms with Crippen molar-refractivity contribution in [1.29, 1.82) is 0 Å². The van der Waals surface area contributed by atoms with E-state index < -0.39 is 35.1 Å². The van der Waals surface area contributed by atoms with Crippen molar-refractivity contribution in [1.82, 2.24) is 15.5 Å². The van der Waals surface area contributed by atoms with E-state index in [4.69, 9.17) is 4.74 Å². The van der Waals surface area contributed by atoms with E-state index in [-0.39, 0.29) is 30.4 Å². The lowest BCUT2D eigenvalue weighted by atomic mass is 9.70. The topological polar surface area (TPSA) is 108 Å². The van der Waals surface area contributed by atoms with Gasteiger partial charge in [0.2, 0.25) is 17.7 Å². The first-order valence-corrected chi connectivity index (χ1v) is 11.9. The second kappa shape index (κ2) is 8.72. The van der Waals surface area contributed by atoms with Gasteiger partial charge in [-0.2, -0.15) is 0 Å². The molecule has 2 bridgehead atoms. The molecule has 2 unspecified atom stereocenters. The zero-order chi connectivity index (χ0) is 24.0. The highest BCUT2D eigenvalue weighted by atomic mass is 16.5. The van der Waals surface area contributed by atoms with Gasteiger partial charge in [-0.3, -0.25) is 14.4 Å². The number of hydrogen-bond acceptors (Lipinski definition) is 5. The number of carbonyl (C=O) groups excluding carboxylic acids is 3. The summed E-state index contributed by atoms with van der Waals surface area (Å²) in [4.78, 5) is 42.2. The molecule has 180 valence electrons. The molecule has 0 aliphatic carbocycles. The summed E-state index contributed by atoms with van der Waals surface area (Å²) in [5, 5.41) is 16.3. The second-order valence-electron chi connectivity index (χ2n) is 10.4. The van der Waals surface area contributed by atoms with Crippen LogP contribution in [0.3, 0.4) is 0 Å². The Kier molecular flexibility index (Phi) is 6.26. The lowest BCUT2D eigenvalue weighted by Crippen LogP contribution is -2.59. The lowest BCUT2D eigenvalue weighted by Gasteiger charge is -2.38. The third-order valence-electron chi connectivity index (χ3n) is 7.03. The maximum atomic E-state index is 14.0. The molecule has 8 nitrogen and oxygen atoms in total. The molecule has 4 rings (SSSR count). The van der Waals surface area contributed by atoms with Crippen LogP contribution in [0, 0.1) is 11.8 Å². The average molecular weight is 458 g/mol. The van der Waals surface area contributed by atoms with E-state index in [1.54, 1.807) is 0 Å². The van der Waals surface area contributed by atoms with E-state index in [0.717, 1.165) is 12.0 Å². The van der Waals surface area contributed by atoms with Crippen LogP contribution in [-0.4, -0.2) is 64.2 Å². The molecule has 3 aliphatic rings. The van der Waals surface area contributed by atoms with Crippen molar-refractivity contribution in [2.75, 3.05) is 13.2 Å². The van der Waals surface area contributed by atoms with Gasteiger partial charge in [0.1, 0.15) is 11.6 Å². The number of aliphatic hydroxyl groups excluding tert-OH is 1. The van der Waals surface area contributed by atoms with Crippen molar-refractivity contribution in [3.63, 3.8) is 0 Å². The molecular formula is C25H35N3O5. The first-order valence-electron chi connectivity index (χ1n) is 11.9. The van der Waals surface area contributed by atoms with Crippen LogP contribution in [0.4, 0.5) is 0 Å². The fraction of sp³-hybridized carbons (Fsp3) is 0.640. The summed E-state index contributed by atoms with van der Waals surface area (Å²) in [6.45, 7) is 7.81. The first kappa shape index (κ1) is 23.7. The predicted octanol–water partition coefficient (Wildman–Crippen LogP) is 1.54. The number of carbonyl (C=O) groups is 3. The Hall–Kier alpha value is -2.45. The number of hydrogen-bond donors (Lipinski definition) is 3. The highest BCUT2D eigenvalue weighted by molar-refractivity contribution is 5.99. The van der Waals surface area contributed by atoms with Gasteiger partial charge in [0, 0.05) is 12.1 Å². The van der Waals surface area contributed by atoms with Gasteiger partial charge >= 0.3 is 0 Å². The van der Waals surface area contributed by atoms with Crippen molar-refractivity contribution in [3.05, 3.63) is 35.9 Å². The van der Waals surface area contributed by atoms with Gasteiger partial charge < -0.3 is 25.4 Å². The van der Waals surface area contributed by atoms with E-state index in [2.05, 4.69) is 10.6 Å². The highest BCUT2D eigenvalue weighted by Crippen LogP contribution is 2.59. The summed E-state index contributed by atoms with van der Waals surface area (Å²) in [7, 11) is 0. The van der Waals surface area contributed by atoms with E-state index in [0.29, 0.717) is 19.4 Å². The van der Waals surface area contributed by atoms with Crippen LogP contribution in [0.1, 0.15) is 58.6 Å². The molecule has 8 heteroatoms. The Morgan fingerprint density at radius 3 is 2.55 bits per heavy atom. The van der Waals surface area contributed by atoms with Crippen molar-refractivity contribution in [2.45, 2.75) is 76.3 Å². The number of benzene rings is 1. The van der Waals surface area contributed by atoms with Crippen LogP contribution in [0.25, 0.3) is 0 Å². The van der Waals surface area contributed by atoms with Crippen LogP contribution in [0.2, 0.25) is 0 Å². The van der Waals surface area contributed by atoms with Crippen molar-refractivity contribution < 1.29 is 24.2 Å². The minimum atomic E-state index is -1.08. The van der Waals surface area contributed by atoms with Crippen LogP contribution >= 0.6 is 0 Å². The number of fused-ring (bicyclic) bond motifs is 1. The Morgan fingerprint density at radius 1 is 1.24 bits per heavy atom. The maximum absolute atomic E-state index is 14.0. The molecule has 1 aromatic rings. The van der Waals surface area contributed by atoms with Gasteiger partial charge in [0.15, 0.2) is 0 Å². The van der Waals surface area contributed by atoms with E-state index >= 15 is 0 Å². The molecule has 3 fully saturated rings. The molecule has 3 heterocycles. The zero-order valence-corrected chi connectivity index (χ0v) is 19.8. The first-order chi connectivity index (χ1) is 15.6. The number of aliphatic hydroxyl groups is 1. The molecular weight excluding hydrogens is 422 g/mol. The predicted molar refractivity (Wildman–Crippen MR) is 122 cm³/mol. The standard InChI is InChI=1S/C25H35N3O5/c1-5-13-26-21(30)18-17-11-12-25(33-17)19(18)23(32)28(20(25)22(31)27-24(2,3)4)16(14-29)15-9-7-6-8-10-15/h6-10,16-20,29H,5,11-14H2,1-4H3,(H,26,30)(H,27,31)/t16-,17+,18-,19+,20?,25?/m1/s1. The maximum Gasteiger partial charge on any atom is 0.246 e. The quantitative estimate of drug-likeness (QED) is 0.576. The number of ether oxygens (including phenoxy) is 1. The van der Waals surface area contributed by atoms with E-state index in [1.807, 2.05) is 58.0 Å². The normalized spacial score (nSPS) is 31.4. The summed E-state index contributed by atoms with van der Waals surface area (Å²) in [5.74, 6) is -2.20. The van der Waals surface area contributed by atoms with Gasteiger partial charge in [-0.15, -0.1) is 0 Å². The largest absolute Gasteiger partial charge is 0.394 e. The smallest absolute Gasteiger partial charge is 0.246 e. The van der Waals surface area contributed by atoms with Crippen molar-refractivity contribution in [2.24, 2.45) is 11.8 Å². The summed E-state index contributed by atoms with van der Waals surface area (Å²) in [5.41, 5.74) is -0.857. The molecule has 3 N–H and O–H groups in total. The van der Waals surface area contributed by atoms with Gasteiger partial charge in [0.05, 0.1) is 30.6 Å². The fourth-order valence-corrected chi connectivity index (χ4v) is 5.86. The van der Waals surface area contributed by atoms with E-state index in [9.17, 15) is 19.5 Å². The van der Waals surface area contributed by atoms with Crippen LogP contribution in [0.15, 0.2) is 30.3 Å². The van der Waals surface area contributed by atoms with Crippen LogP contribution in [0.5, 0.6) is 0 Å². The van der Waals surface area contributed by atoms with Gasteiger partial charge in [-0.05, 0) is 45.6 Å². The monoisotopic (exact) mass is 457 g/mol. The number of nitrogens with zero attached hydrogens (tertiary/aromatic N) is 1. The number of amides is 3. The van der Waals surface area contributed by atoms with E-state index in [1.165, 1.54) is 4.90 Å². The Balaban J connectivity index is 1.78. The Morgan fingerprint density at radius 2 is 1.94 bits per heavy atom.